The number of carbonyl (C=O) groups is 1. The number of hydrogen-bond acceptors (Lipinski definition) is 5. The minimum atomic E-state index is -0.330. The Morgan fingerprint density at radius 3 is 2.33 bits per heavy atom. The number of rotatable bonds is 4. The van der Waals surface area contributed by atoms with E-state index in [0.717, 1.165) is 5.06 Å². The normalized spacial score (nSPS) is 15.0. The molecule has 2 N–H and O–H groups in total. The minimum absolute atomic E-state index is 0.259. The van der Waals surface area contributed by atoms with Gasteiger partial charge in [-0.3, -0.25) is 4.79 Å². The lowest BCUT2D eigenvalue weighted by Crippen LogP contribution is -2.26. The summed E-state index contributed by atoms with van der Waals surface area (Å²) < 4.78 is 0.700. The second-order valence-corrected chi connectivity index (χ2v) is 3.65. The summed E-state index contributed by atoms with van der Waals surface area (Å²) >= 11 is 0. The number of hydrogen-bond donors (Lipinski definition) is 2. The third kappa shape index (κ3) is 2.10. The van der Waals surface area contributed by atoms with Crippen molar-refractivity contribution in [2.45, 2.75) is 12.8 Å². The fraction of sp³-hybridized carbons (Fsp3) is 0.182. The number of carbonyl (C=O) groups excluding carboxylic acids is 1. The second-order valence-electron chi connectivity index (χ2n) is 3.65. The van der Waals surface area contributed by atoms with Gasteiger partial charge in [-0.15, -0.1) is 9.79 Å². The molecule has 0 aromatic carbocycles. The Balaban J connectivity index is 2.01. The van der Waals surface area contributed by atoms with E-state index in [0.29, 0.717) is 23.3 Å². The first-order chi connectivity index (χ1) is 8.49. The zero-order chi connectivity index (χ0) is 13.3. The molecule has 0 unspecified atom stereocenters. The highest BCUT2D eigenvalue weighted by Gasteiger charge is 2.27. The molecule has 1 fully saturated rings. The molecule has 1 saturated heterocycles. The van der Waals surface area contributed by atoms with E-state index >= 15 is 0 Å². The number of nitrogens with zero attached hydrogens (tertiary/aromatic N) is 2. The minimum Gasteiger partial charge on any atom is -0.492 e. The molecule has 0 aliphatic carbocycles. The number of amides is 1. The van der Waals surface area contributed by atoms with Gasteiger partial charge in [0.1, 0.15) is 0 Å². The molecule has 2 rings (SSSR count). The highest BCUT2D eigenvalue weighted by molar-refractivity contribution is 5.79. The highest BCUT2D eigenvalue weighted by Crippen LogP contribution is 2.24. The summed E-state index contributed by atoms with van der Waals surface area (Å²) in [5, 5.41) is 19.6. The zero-order valence-electron chi connectivity index (χ0n) is 9.50. The van der Waals surface area contributed by atoms with Crippen molar-refractivity contribution in [1.29, 1.82) is 0 Å². The van der Waals surface area contributed by atoms with E-state index in [-0.39, 0.29) is 23.6 Å². The fourth-order valence-corrected chi connectivity index (χ4v) is 1.46. The monoisotopic (exact) mass is 252 g/mol. The van der Waals surface area contributed by atoms with Gasteiger partial charge in [-0.2, -0.15) is 0 Å². The first kappa shape index (κ1) is 11.9. The van der Waals surface area contributed by atoms with E-state index in [2.05, 4.69) is 13.2 Å². The van der Waals surface area contributed by atoms with Crippen LogP contribution in [-0.2, 0) is 9.63 Å². The Kier molecular flexibility index (Phi) is 2.88. The van der Waals surface area contributed by atoms with Gasteiger partial charge in [0.2, 0.25) is 11.8 Å². The topological polar surface area (TPSA) is 84.2 Å². The lowest BCUT2D eigenvalue weighted by atomic mass is 10.3. The van der Waals surface area contributed by atoms with Crippen LogP contribution in [0.15, 0.2) is 36.9 Å². The Morgan fingerprint density at radius 1 is 1.22 bits per heavy atom. The van der Waals surface area contributed by atoms with Gasteiger partial charge in [-0.25, -0.2) is 0 Å². The Labute approximate surface area is 103 Å². The van der Waals surface area contributed by atoms with Crippen molar-refractivity contribution < 1.29 is 24.7 Å². The smallest absolute Gasteiger partial charge is 0.327 e. The van der Waals surface area contributed by atoms with E-state index in [9.17, 15) is 15.0 Å². The molecule has 7 nitrogen and oxygen atoms in total. The molecule has 7 heteroatoms. The molecule has 1 aromatic rings. The van der Waals surface area contributed by atoms with Gasteiger partial charge in [0.25, 0.3) is 5.91 Å². The molecule has 1 aliphatic heterocycles. The molecule has 96 valence electrons. The second kappa shape index (κ2) is 4.36. The molecule has 18 heavy (non-hydrogen) atoms. The molecule has 1 aromatic heterocycles. The summed E-state index contributed by atoms with van der Waals surface area (Å²) in [6, 6.07) is 2.45. The third-order valence-electron chi connectivity index (χ3n) is 2.33. The molecule has 2 heterocycles. The van der Waals surface area contributed by atoms with Crippen LogP contribution in [-0.4, -0.2) is 25.9 Å². The van der Waals surface area contributed by atoms with Crippen molar-refractivity contribution in [1.82, 2.24) is 9.79 Å². The predicted molar refractivity (Wildman–Crippen MR) is 59.8 cm³/mol. The van der Waals surface area contributed by atoms with Crippen LogP contribution in [0.25, 0.3) is 0 Å². The summed E-state index contributed by atoms with van der Waals surface area (Å²) in [5.74, 6) is -1.20. The number of aromatic hydroxyl groups is 2. The van der Waals surface area contributed by atoms with Crippen molar-refractivity contribution >= 4 is 5.91 Å². The zero-order valence-corrected chi connectivity index (χ0v) is 9.50. The quantitative estimate of drug-likeness (QED) is 0.777. The van der Waals surface area contributed by atoms with Crippen LogP contribution < -0.4 is 4.84 Å². The maximum Gasteiger partial charge on any atom is 0.327 e. The van der Waals surface area contributed by atoms with Crippen LogP contribution in [0.3, 0.4) is 0 Å². The molecule has 1 aliphatic rings. The first-order valence-electron chi connectivity index (χ1n) is 5.14. The molecule has 0 saturated carbocycles. The predicted octanol–water partition coefficient (Wildman–Crippen LogP) is 0.867. The van der Waals surface area contributed by atoms with Gasteiger partial charge in [-0.1, -0.05) is 6.58 Å². The maximum absolute atomic E-state index is 11.4. The van der Waals surface area contributed by atoms with Crippen molar-refractivity contribution in [2.24, 2.45) is 0 Å². The van der Waals surface area contributed by atoms with Gasteiger partial charge in [0, 0.05) is 18.6 Å². The summed E-state index contributed by atoms with van der Waals surface area (Å²) in [5.41, 5.74) is 0.491. The van der Waals surface area contributed by atoms with Gasteiger partial charge in [-0.05, 0) is 13.0 Å². The molecule has 0 spiro atoms. The van der Waals surface area contributed by atoms with Crippen molar-refractivity contribution in [3.8, 4) is 11.8 Å². The van der Waals surface area contributed by atoms with E-state index in [4.69, 9.17) is 9.68 Å². The van der Waals surface area contributed by atoms with Crippen LogP contribution in [0.5, 0.6) is 11.8 Å². The van der Waals surface area contributed by atoms with Gasteiger partial charge in [0.05, 0.1) is 5.70 Å². The average molecular weight is 252 g/mol. The van der Waals surface area contributed by atoms with Gasteiger partial charge < -0.3 is 19.9 Å². The van der Waals surface area contributed by atoms with Crippen molar-refractivity contribution in [3.05, 3.63) is 36.9 Å². The van der Waals surface area contributed by atoms with E-state index < -0.39 is 0 Å². The Morgan fingerprint density at radius 2 is 1.83 bits per heavy atom. The van der Waals surface area contributed by atoms with E-state index in [1.165, 1.54) is 12.1 Å². The lowest BCUT2D eigenvalue weighted by molar-refractivity contribution is -0.172. The van der Waals surface area contributed by atoms with Crippen LogP contribution in [0.4, 0.5) is 0 Å². The SMILES string of the molecule is C=C(ON1C(=C)CCC1=O)On1c(O)ccc1O. The van der Waals surface area contributed by atoms with Crippen LogP contribution in [0.2, 0.25) is 0 Å². The maximum atomic E-state index is 11.4. The van der Waals surface area contributed by atoms with Gasteiger partial charge >= 0.3 is 5.95 Å². The van der Waals surface area contributed by atoms with Crippen molar-refractivity contribution in [2.75, 3.05) is 0 Å². The Bertz CT molecular complexity index is 484. The van der Waals surface area contributed by atoms with Crippen LogP contribution in [0, 0.1) is 0 Å². The summed E-state index contributed by atoms with van der Waals surface area (Å²) in [7, 11) is 0. The van der Waals surface area contributed by atoms with Gasteiger partial charge in [0.15, 0.2) is 0 Å². The standard InChI is InChI=1S/C11H12N2O5/c1-7-3-4-9(14)12(7)17-8(2)18-13-10(15)5-6-11(13)16/h5-6,15-16H,1-4H2. The molecule has 0 atom stereocenters. The lowest BCUT2D eigenvalue weighted by Gasteiger charge is -2.18. The summed E-state index contributed by atoms with van der Waals surface area (Å²) in [6.07, 6.45) is 0.818. The molecule has 0 radical (unpaired) electrons. The average Bonchev–Trinajstić information content (AvgIpc) is 2.79. The third-order valence-corrected chi connectivity index (χ3v) is 2.33. The number of aromatic nitrogens is 1. The number of hydroxylamine groups is 2. The van der Waals surface area contributed by atoms with E-state index in [1.807, 2.05) is 0 Å². The largest absolute Gasteiger partial charge is 0.492 e. The highest BCUT2D eigenvalue weighted by atomic mass is 16.8. The van der Waals surface area contributed by atoms with Crippen molar-refractivity contribution in [3.63, 3.8) is 0 Å². The molecule has 0 bridgehead atoms. The summed E-state index contributed by atoms with van der Waals surface area (Å²) in [6.45, 7) is 7.07. The molecular weight excluding hydrogens is 240 g/mol. The first-order valence-corrected chi connectivity index (χ1v) is 5.14. The van der Waals surface area contributed by atoms with Crippen LogP contribution >= 0.6 is 0 Å². The molecular formula is C11H12N2O5. The fourth-order valence-electron chi connectivity index (χ4n) is 1.46. The van der Waals surface area contributed by atoms with Crippen LogP contribution in [0.1, 0.15) is 12.8 Å². The number of allylic oxidation sites excluding steroid dienone is 1. The Hall–Kier alpha value is -2.57. The summed E-state index contributed by atoms with van der Waals surface area (Å²) in [4.78, 5) is 21.4. The van der Waals surface area contributed by atoms with E-state index in [1.54, 1.807) is 0 Å². The molecule has 1 amide bonds.